The molecular formula is C31H38FN3O4S. The van der Waals surface area contributed by atoms with E-state index in [-0.39, 0.29) is 43.7 Å². The van der Waals surface area contributed by atoms with Gasteiger partial charge in [0.1, 0.15) is 11.9 Å². The number of rotatable bonds is 14. The lowest BCUT2D eigenvalue weighted by Gasteiger charge is -2.32. The van der Waals surface area contributed by atoms with Gasteiger partial charge < -0.3 is 10.2 Å². The monoisotopic (exact) mass is 567 g/mol. The molecule has 0 saturated carbocycles. The summed E-state index contributed by atoms with van der Waals surface area (Å²) in [4.78, 5) is 28.9. The van der Waals surface area contributed by atoms with Gasteiger partial charge in [0.25, 0.3) is 0 Å². The van der Waals surface area contributed by atoms with Crippen molar-refractivity contribution in [3.05, 3.63) is 102 Å². The van der Waals surface area contributed by atoms with E-state index in [2.05, 4.69) is 5.32 Å². The molecule has 0 bridgehead atoms. The van der Waals surface area contributed by atoms with Crippen molar-refractivity contribution < 1.29 is 22.4 Å². The maximum atomic E-state index is 13.8. The molecule has 0 aliphatic carbocycles. The number of halogens is 1. The fraction of sp³-hybridized carbons (Fsp3) is 0.355. The van der Waals surface area contributed by atoms with Crippen LogP contribution in [0.4, 0.5) is 10.1 Å². The summed E-state index contributed by atoms with van der Waals surface area (Å²) in [5, 5.41) is 2.99. The molecule has 7 nitrogen and oxygen atoms in total. The first-order valence-electron chi connectivity index (χ1n) is 13.4. The third-order valence-electron chi connectivity index (χ3n) is 6.42. The summed E-state index contributed by atoms with van der Waals surface area (Å²) in [6.07, 6.45) is 1.67. The summed E-state index contributed by atoms with van der Waals surface area (Å²) in [5.74, 6) is -0.708. The molecule has 1 N–H and O–H groups in total. The Labute approximate surface area is 237 Å². The van der Waals surface area contributed by atoms with E-state index in [1.54, 1.807) is 4.90 Å². The van der Waals surface area contributed by atoms with Gasteiger partial charge in [-0.05, 0) is 47.7 Å². The topological polar surface area (TPSA) is 86.8 Å². The van der Waals surface area contributed by atoms with Crippen molar-refractivity contribution in [1.29, 1.82) is 0 Å². The van der Waals surface area contributed by atoms with Crippen LogP contribution in [0.1, 0.15) is 37.8 Å². The van der Waals surface area contributed by atoms with Gasteiger partial charge in [-0.25, -0.2) is 12.8 Å². The number of hydrogen-bond acceptors (Lipinski definition) is 4. The van der Waals surface area contributed by atoms with E-state index in [4.69, 9.17) is 0 Å². The number of nitrogens with one attached hydrogen (secondary N) is 1. The molecule has 0 radical (unpaired) electrons. The second kappa shape index (κ2) is 14.6. The molecule has 3 rings (SSSR count). The highest BCUT2D eigenvalue weighted by Gasteiger charge is 2.30. The lowest BCUT2D eigenvalue weighted by Crippen LogP contribution is -2.51. The van der Waals surface area contributed by atoms with Crippen LogP contribution in [0.2, 0.25) is 0 Å². The van der Waals surface area contributed by atoms with Crippen LogP contribution in [0.15, 0.2) is 84.9 Å². The molecule has 0 fully saturated rings. The predicted molar refractivity (Wildman–Crippen MR) is 157 cm³/mol. The largest absolute Gasteiger partial charge is 0.354 e. The number of anilines is 1. The molecule has 9 heteroatoms. The Morgan fingerprint density at radius 2 is 1.45 bits per heavy atom. The van der Waals surface area contributed by atoms with Gasteiger partial charge in [0, 0.05) is 32.5 Å². The number of amides is 2. The van der Waals surface area contributed by atoms with Crippen LogP contribution in [0.25, 0.3) is 0 Å². The Balaban J connectivity index is 1.85. The molecule has 0 aromatic heterocycles. The fourth-order valence-electron chi connectivity index (χ4n) is 4.37. The van der Waals surface area contributed by atoms with Crippen molar-refractivity contribution in [3.8, 4) is 0 Å². The number of nitrogens with zero attached hydrogens (tertiary/aromatic N) is 2. The van der Waals surface area contributed by atoms with Crippen LogP contribution in [-0.4, -0.2) is 50.5 Å². The number of carbonyl (C=O) groups is 2. The van der Waals surface area contributed by atoms with E-state index in [0.29, 0.717) is 18.7 Å². The zero-order valence-corrected chi connectivity index (χ0v) is 24.1. The average Bonchev–Trinajstić information content (AvgIpc) is 2.92. The van der Waals surface area contributed by atoms with Gasteiger partial charge in [-0.3, -0.25) is 13.9 Å². The molecule has 0 aliphatic heterocycles. The fourth-order valence-corrected chi connectivity index (χ4v) is 5.33. The molecule has 0 unspecified atom stereocenters. The van der Waals surface area contributed by atoms with E-state index in [0.717, 1.165) is 21.7 Å². The third-order valence-corrected chi connectivity index (χ3v) is 7.61. The predicted octanol–water partition coefficient (Wildman–Crippen LogP) is 4.78. The summed E-state index contributed by atoms with van der Waals surface area (Å²) in [7, 11) is -3.66. The summed E-state index contributed by atoms with van der Waals surface area (Å²) in [5.41, 5.74) is 2.14. The van der Waals surface area contributed by atoms with Crippen molar-refractivity contribution in [2.45, 2.75) is 45.7 Å². The molecule has 3 aromatic rings. The number of sulfonamides is 1. The highest BCUT2D eigenvalue weighted by atomic mass is 32.2. The zero-order valence-electron chi connectivity index (χ0n) is 23.3. The zero-order chi connectivity index (χ0) is 29.1. The minimum Gasteiger partial charge on any atom is -0.354 e. The van der Waals surface area contributed by atoms with Crippen LogP contribution < -0.4 is 9.62 Å². The SMILES string of the molecule is CC(C)CNC(=O)[C@H](Cc1ccccc1)N(Cc1ccccc1)C(=O)CCCN(c1ccc(F)cc1)S(C)(=O)=O. The van der Waals surface area contributed by atoms with Gasteiger partial charge in [0.05, 0.1) is 11.9 Å². The third kappa shape index (κ3) is 9.48. The Bertz CT molecular complexity index is 1330. The standard InChI is InChI=1S/C31H38FN3O4S/c1-24(2)22-33-31(37)29(21-25-11-6-4-7-12-25)34(23-26-13-8-5-9-14-26)30(36)15-10-20-35(40(3,38)39)28-18-16-27(32)17-19-28/h4-9,11-14,16-19,24,29H,10,15,20-23H2,1-3H3,(H,33,37)/t29-/m0/s1. The van der Waals surface area contributed by atoms with Crippen LogP contribution in [0, 0.1) is 11.7 Å². The first kappa shape index (κ1) is 30.8. The minimum atomic E-state index is -3.66. The quantitative estimate of drug-likeness (QED) is 0.304. The molecule has 214 valence electrons. The Kier molecular flexibility index (Phi) is 11.3. The van der Waals surface area contributed by atoms with Gasteiger partial charge in [0.15, 0.2) is 0 Å². The molecular weight excluding hydrogens is 529 g/mol. The molecule has 40 heavy (non-hydrogen) atoms. The van der Waals surface area contributed by atoms with Crippen LogP contribution >= 0.6 is 0 Å². The van der Waals surface area contributed by atoms with Crippen molar-refractivity contribution in [2.75, 3.05) is 23.7 Å². The summed E-state index contributed by atoms with van der Waals surface area (Å²) in [6, 6.07) is 23.5. The van der Waals surface area contributed by atoms with E-state index in [1.807, 2.05) is 74.5 Å². The van der Waals surface area contributed by atoms with Crippen molar-refractivity contribution in [3.63, 3.8) is 0 Å². The lowest BCUT2D eigenvalue weighted by atomic mass is 10.0. The maximum absolute atomic E-state index is 13.8. The smallest absolute Gasteiger partial charge is 0.243 e. The number of benzene rings is 3. The van der Waals surface area contributed by atoms with Gasteiger partial charge in [0.2, 0.25) is 21.8 Å². The van der Waals surface area contributed by atoms with Crippen LogP contribution in [-0.2, 0) is 32.6 Å². The first-order valence-corrected chi connectivity index (χ1v) is 15.3. The average molecular weight is 568 g/mol. The van der Waals surface area contributed by atoms with Gasteiger partial charge >= 0.3 is 0 Å². The second-order valence-corrected chi connectivity index (χ2v) is 12.2. The highest BCUT2D eigenvalue weighted by molar-refractivity contribution is 7.92. The van der Waals surface area contributed by atoms with E-state index < -0.39 is 21.9 Å². The first-order chi connectivity index (χ1) is 19.0. The Morgan fingerprint density at radius 3 is 2.00 bits per heavy atom. The summed E-state index contributed by atoms with van der Waals surface area (Å²) < 4.78 is 39.5. The molecule has 3 aromatic carbocycles. The molecule has 1 atom stereocenters. The van der Waals surface area contributed by atoms with E-state index in [1.165, 1.54) is 24.3 Å². The van der Waals surface area contributed by atoms with Crippen molar-refractivity contribution in [2.24, 2.45) is 5.92 Å². The van der Waals surface area contributed by atoms with E-state index >= 15 is 0 Å². The van der Waals surface area contributed by atoms with Crippen molar-refractivity contribution in [1.82, 2.24) is 10.2 Å². The number of carbonyl (C=O) groups excluding carboxylic acids is 2. The molecule has 0 spiro atoms. The van der Waals surface area contributed by atoms with Gasteiger partial charge in [-0.2, -0.15) is 0 Å². The van der Waals surface area contributed by atoms with Crippen LogP contribution in [0.3, 0.4) is 0 Å². The van der Waals surface area contributed by atoms with Gasteiger partial charge in [-0.15, -0.1) is 0 Å². The Hall–Kier alpha value is -3.72. The summed E-state index contributed by atoms with van der Waals surface area (Å²) in [6.45, 7) is 4.78. The molecule has 0 saturated heterocycles. The Morgan fingerprint density at radius 1 is 0.875 bits per heavy atom. The highest BCUT2D eigenvalue weighted by Crippen LogP contribution is 2.20. The van der Waals surface area contributed by atoms with E-state index in [9.17, 15) is 22.4 Å². The maximum Gasteiger partial charge on any atom is 0.243 e. The molecule has 2 amide bonds. The molecule has 0 heterocycles. The minimum absolute atomic E-state index is 0.0306. The summed E-state index contributed by atoms with van der Waals surface area (Å²) >= 11 is 0. The number of hydrogen-bond donors (Lipinski definition) is 1. The normalized spacial score (nSPS) is 12.1. The van der Waals surface area contributed by atoms with Crippen LogP contribution in [0.5, 0.6) is 0 Å². The van der Waals surface area contributed by atoms with Crippen molar-refractivity contribution >= 4 is 27.5 Å². The molecule has 0 aliphatic rings. The lowest BCUT2D eigenvalue weighted by molar-refractivity contribution is -0.141. The second-order valence-electron chi connectivity index (χ2n) is 10.3. The van der Waals surface area contributed by atoms with Gasteiger partial charge in [-0.1, -0.05) is 74.5 Å².